The van der Waals surface area contributed by atoms with Crippen LogP contribution in [0, 0.1) is 10.1 Å². The van der Waals surface area contributed by atoms with E-state index >= 15 is 0 Å². The van der Waals surface area contributed by atoms with Crippen molar-refractivity contribution < 1.29 is 9.66 Å². The monoisotopic (exact) mass is 325 g/mol. The van der Waals surface area contributed by atoms with Crippen LogP contribution in [0.1, 0.15) is 12.0 Å². The molecule has 6 nitrogen and oxygen atoms in total. The van der Waals surface area contributed by atoms with Gasteiger partial charge in [-0.1, -0.05) is 12.1 Å². The first kappa shape index (κ1) is 18.4. The lowest BCUT2D eigenvalue weighted by molar-refractivity contribution is -0.462. The predicted molar refractivity (Wildman–Crippen MR) is 91.6 cm³/mol. The summed E-state index contributed by atoms with van der Waals surface area (Å²) < 4.78 is 5.70. The molecule has 0 spiro atoms. The van der Waals surface area contributed by atoms with Gasteiger partial charge in [0.15, 0.2) is 0 Å². The molecule has 22 heavy (non-hydrogen) atoms. The van der Waals surface area contributed by atoms with Gasteiger partial charge in [-0.2, -0.15) is 0 Å². The summed E-state index contributed by atoms with van der Waals surface area (Å²) in [6.07, 6.45) is 2.54. The van der Waals surface area contributed by atoms with Crippen molar-refractivity contribution in [3.63, 3.8) is 0 Å². The second-order valence-electron chi connectivity index (χ2n) is 5.06. The molecule has 0 saturated heterocycles. The molecule has 0 aromatic heterocycles. The topological polar surface area (TPSA) is 68.0 Å². The highest BCUT2D eigenvalue weighted by atomic mass is 32.2. The summed E-state index contributed by atoms with van der Waals surface area (Å²) in [5.74, 6) is 0.846. The predicted octanol–water partition coefficient (Wildman–Crippen LogP) is 2.56. The highest BCUT2D eigenvalue weighted by molar-refractivity contribution is 8.13. The molecular formula is C15H23N3O3S. The summed E-state index contributed by atoms with van der Waals surface area (Å²) in [4.78, 5) is 16.4. The Hall–Kier alpha value is -1.60. The number of thioether (sulfide) groups is 1. The maximum absolute atomic E-state index is 10.4. The molecule has 7 heteroatoms. The molecule has 1 rings (SSSR count). The average molecular weight is 325 g/mol. The largest absolute Gasteiger partial charge is 0.494 e. The lowest BCUT2D eigenvalue weighted by Crippen LogP contribution is -2.11. The van der Waals surface area contributed by atoms with Crippen molar-refractivity contribution in [1.82, 2.24) is 4.90 Å². The minimum atomic E-state index is -0.359. The van der Waals surface area contributed by atoms with Gasteiger partial charge in [0.25, 0.3) is 6.54 Å². The van der Waals surface area contributed by atoms with Crippen molar-refractivity contribution >= 4 is 16.8 Å². The van der Waals surface area contributed by atoms with E-state index < -0.39 is 0 Å². The molecule has 0 aliphatic heterocycles. The molecule has 0 bridgehead atoms. The van der Waals surface area contributed by atoms with Crippen LogP contribution in [0.3, 0.4) is 0 Å². The third-order valence-electron chi connectivity index (χ3n) is 2.76. The third kappa shape index (κ3) is 7.99. The van der Waals surface area contributed by atoms with Crippen molar-refractivity contribution in [3.05, 3.63) is 39.9 Å². The minimum Gasteiger partial charge on any atom is -0.494 e. The molecule has 0 saturated carbocycles. The van der Waals surface area contributed by atoms with Crippen LogP contribution in [0.4, 0.5) is 0 Å². The highest BCUT2D eigenvalue weighted by Crippen LogP contribution is 2.14. The van der Waals surface area contributed by atoms with Gasteiger partial charge in [-0.15, -0.1) is 11.8 Å². The van der Waals surface area contributed by atoms with Crippen molar-refractivity contribution in [1.29, 1.82) is 0 Å². The van der Waals surface area contributed by atoms with Crippen molar-refractivity contribution in [2.24, 2.45) is 4.99 Å². The lowest BCUT2D eigenvalue weighted by Gasteiger charge is -2.11. The maximum Gasteiger partial charge on any atom is 0.250 e. The molecular weight excluding hydrogens is 302 g/mol. The first-order chi connectivity index (χ1) is 10.5. The van der Waals surface area contributed by atoms with Gasteiger partial charge < -0.3 is 9.64 Å². The van der Waals surface area contributed by atoms with Gasteiger partial charge in [0.1, 0.15) is 10.8 Å². The number of benzene rings is 1. The molecule has 0 amide bonds. The fourth-order valence-corrected chi connectivity index (χ4v) is 2.30. The standard InChI is InChI=1S/C15H23N3O3S/c1-17(2)11-13-6-4-7-14(10-13)21-9-5-8-16-15(22-3)12-18(19)20/h4,6-7,10H,5,8-9,11-12H2,1-3H3. The van der Waals surface area contributed by atoms with E-state index in [2.05, 4.69) is 16.0 Å². The maximum atomic E-state index is 10.4. The van der Waals surface area contributed by atoms with Gasteiger partial charge in [-0.25, -0.2) is 0 Å². The zero-order valence-electron chi connectivity index (χ0n) is 13.3. The van der Waals surface area contributed by atoms with E-state index in [0.29, 0.717) is 18.2 Å². The number of nitro groups is 1. The number of ether oxygens (including phenoxy) is 1. The Morgan fingerprint density at radius 3 is 2.86 bits per heavy atom. The van der Waals surface area contributed by atoms with E-state index in [1.807, 2.05) is 32.3 Å². The van der Waals surface area contributed by atoms with Crippen LogP contribution >= 0.6 is 11.8 Å². The van der Waals surface area contributed by atoms with E-state index in [-0.39, 0.29) is 11.5 Å². The zero-order valence-corrected chi connectivity index (χ0v) is 14.1. The number of nitrogens with zero attached hydrogens (tertiary/aromatic N) is 3. The third-order valence-corrected chi connectivity index (χ3v) is 3.49. The number of hydrogen-bond acceptors (Lipinski definition) is 6. The summed E-state index contributed by atoms with van der Waals surface area (Å²) in [6, 6.07) is 8.01. The Bertz CT molecular complexity index is 507. The van der Waals surface area contributed by atoms with Gasteiger partial charge in [0, 0.05) is 24.4 Å². The van der Waals surface area contributed by atoms with Gasteiger partial charge in [0.05, 0.1) is 6.61 Å². The highest BCUT2D eigenvalue weighted by Gasteiger charge is 2.05. The van der Waals surface area contributed by atoms with Gasteiger partial charge in [-0.3, -0.25) is 15.1 Å². The summed E-state index contributed by atoms with van der Waals surface area (Å²) in [5, 5.41) is 11.0. The first-order valence-corrected chi connectivity index (χ1v) is 8.29. The molecule has 1 aromatic rings. The summed E-state index contributed by atoms with van der Waals surface area (Å²) in [6.45, 7) is 1.77. The van der Waals surface area contributed by atoms with Crippen LogP contribution in [0.2, 0.25) is 0 Å². The van der Waals surface area contributed by atoms with E-state index in [9.17, 15) is 10.1 Å². The van der Waals surface area contributed by atoms with Crippen LogP contribution in [0.15, 0.2) is 29.3 Å². The normalized spacial score (nSPS) is 11.7. The van der Waals surface area contributed by atoms with E-state index in [0.717, 1.165) is 18.7 Å². The summed E-state index contributed by atoms with van der Waals surface area (Å²) in [7, 11) is 4.06. The molecule has 0 aliphatic rings. The zero-order chi connectivity index (χ0) is 16.4. The molecule has 0 atom stereocenters. The van der Waals surface area contributed by atoms with Crippen LogP contribution in [0.5, 0.6) is 5.75 Å². The second-order valence-corrected chi connectivity index (χ2v) is 5.94. The molecule has 0 fully saturated rings. The fraction of sp³-hybridized carbons (Fsp3) is 0.533. The summed E-state index contributed by atoms with van der Waals surface area (Å²) in [5.41, 5.74) is 1.20. The molecule has 0 aliphatic carbocycles. The fourth-order valence-electron chi connectivity index (χ4n) is 1.85. The smallest absolute Gasteiger partial charge is 0.250 e. The van der Waals surface area contributed by atoms with Gasteiger partial charge >= 0.3 is 0 Å². The number of hydrogen-bond donors (Lipinski definition) is 0. The van der Waals surface area contributed by atoms with Gasteiger partial charge in [0.2, 0.25) is 0 Å². The molecule has 0 unspecified atom stereocenters. The van der Waals surface area contributed by atoms with Crippen LogP contribution < -0.4 is 4.74 Å². The Morgan fingerprint density at radius 1 is 1.45 bits per heavy atom. The molecule has 0 radical (unpaired) electrons. The quantitative estimate of drug-likeness (QED) is 0.229. The van der Waals surface area contributed by atoms with E-state index in [1.165, 1.54) is 17.3 Å². The SMILES string of the molecule is CSC(C[N+](=O)[O-])=NCCCOc1cccc(CN(C)C)c1. The number of rotatable bonds is 9. The van der Waals surface area contributed by atoms with E-state index in [1.54, 1.807) is 6.26 Å². The Kier molecular flexibility index (Phi) is 8.54. The summed E-state index contributed by atoms with van der Waals surface area (Å²) >= 11 is 1.32. The Morgan fingerprint density at radius 2 is 2.23 bits per heavy atom. The molecule has 0 heterocycles. The van der Waals surface area contributed by atoms with Crippen LogP contribution in [-0.2, 0) is 6.54 Å². The van der Waals surface area contributed by atoms with Crippen molar-refractivity contribution in [2.45, 2.75) is 13.0 Å². The average Bonchev–Trinajstić information content (AvgIpc) is 2.45. The molecule has 122 valence electrons. The van der Waals surface area contributed by atoms with Crippen molar-refractivity contribution in [2.75, 3.05) is 40.0 Å². The van der Waals surface area contributed by atoms with Gasteiger partial charge in [-0.05, 0) is 38.0 Å². The van der Waals surface area contributed by atoms with Crippen LogP contribution in [-0.4, -0.2) is 54.9 Å². The molecule has 1 aromatic carbocycles. The second kappa shape index (κ2) is 10.2. The lowest BCUT2D eigenvalue weighted by atomic mass is 10.2. The van der Waals surface area contributed by atoms with E-state index in [4.69, 9.17) is 4.74 Å². The Labute approximate surface area is 135 Å². The number of aliphatic imine (C=N–C) groups is 1. The minimum absolute atomic E-state index is 0.200. The first-order valence-electron chi connectivity index (χ1n) is 7.07. The van der Waals surface area contributed by atoms with Crippen LogP contribution in [0.25, 0.3) is 0 Å². The Balaban J connectivity index is 2.35. The molecule has 0 N–H and O–H groups in total. The van der Waals surface area contributed by atoms with Crippen molar-refractivity contribution in [3.8, 4) is 5.75 Å².